The highest BCUT2D eigenvalue weighted by molar-refractivity contribution is 5.81. The van der Waals surface area contributed by atoms with Crippen LogP contribution in [0.1, 0.15) is 52.9 Å². The van der Waals surface area contributed by atoms with E-state index in [4.69, 9.17) is 0 Å². The number of hydrogen-bond acceptors (Lipinski definition) is 3. The molecule has 1 saturated carbocycles. The maximum Gasteiger partial charge on any atom is 0.311 e. The van der Waals surface area contributed by atoms with Crippen LogP contribution >= 0.6 is 0 Å². The Morgan fingerprint density at radius 2 is 2.11 bits per heavy atom. The third-order valence-corrected chi connectivity index (χ3v) is 4.26. The summed E-state index contributed by atoms with van der Waals surface area (Å²) in [6.07, 6.45) is 4.24. The Bertz CT molecular complexity index is 333. The van der Waals surface area contributed by atoms with Crippen molar-refractivity contribution in [1.82, 2.24) is 10.6 Å². The van der Waals surface area contributed by atoms with E-state index in [0.717, 1.165) is 25.7 Å². The molecule has 1 fully saturated rings. The lowest BCUT2D eigenvalue weighted by molar-refractivity contribution is -0.152. The van der Waals surface area contributed by atoms with Crippen molar-refractivity contribution in [2.75, 3.05) is 6.54 Å². The molecular formula is C14H26N2O3. The fourth-order valence-electron chi connectivity index (χ4n) is 2.48. The van der Waals surface area contributed by atoms with Gasteiger partial charge in [0.25, 0.3) is 0 Å². The van der Waals surface area contributed by atoms with Gasteiger partial charge in [0.1, 0.15) is 0 Å². The zero-order valence-corrected chi connectivity index (χ0v) is 12.2. The van der Waals surface area contributed by atoms with Gasteiger partial charge < -0.3 is 15.7 Å². The van der Waals surface area contributed by atoms with Gasteiger partial charge in [-0.1, -0.05) is 19.8 Å². The molecule has 0 aromatic rings. The largest absolute Gasteiger partial charge is 0.481 e. The highest BCUT2D eigenvalue weighted by atomic mass is 16.4. The van der Waals surface area contributed by atoms with Crippen molar-refractivity contribution in [3.05, 3.63) is 0 Å². The average molecular weight is 270 g/mol. The number of amides is 1. The topological polar surface area (TPSA) is 78.4 Å². The summed E-state index contributed by atoms with van der Waals surface area (Å²) >= 11 is 0. The fourth-order valence-corrected chi connectivity index (χ4v) is 2.48. The van der Waals surface area contributed by atoms with Crippen molar-refractivity contribution in [2.24, 2.45) is 5.41 Å². The van der Waals surface area contributed by atoms with Crippen LogP contribution < -0.4 is 10.6 Å². The Hall–Kier alpha value is -1.10. The van der Waals surface area contributed by atoms with Crippen LogP contribution in [0.15, 0.2) is 0 Å². The Morgan fingerprint density at radius 3 is 2.68 bits per heavy atom. The summed E-state index contributed by atoms with van der Waals surface area (Å²) in [4.78, 5) is 23.3. The quantitative estimate of drug-likeness (QED) is 0.684. The molecule has 5 heteroatoms. The number of carbonyl (C=O) groups excluding carboxylic acids is 1. The molecule has 0 bridgehead atoms. The van der Waals surface area contributed by atoms with Gasteiger partial charge in [0.15, 0.2) is 0 Å². The molecule has 0 radical (unpaired) electrons. The molecule has 0 aromatic carbocycles. The van der Waals surface area contributed by atoms with Crippen molar-refractivity contribution in [3.8, 4) is 0 Å². The van der Waals surface area contributed by atoms with Crippen molar-refractivity contribution >= 4 is 11.9 Å². The molecule has 1 amide bonds. The van der Waals surface area contributed by atoms with E-state index in [1.807, 2.05) is 6.92 Å². The zero-order valence-electron chi connectivity index (χ0n) is 12.2. The number of rotatable bonds is 6. The molecule has 5 nitrogen and oxygen atoms in total. The van der Waals surface area contributed by atoms with Gasteiger partial charge in [-0.3, -0.25) is 9.59 Å². The third-order valence-electron chi connectivity index (χ3n) is 4.26. The highest BCUT2D eigenvalue weighted by Crippen LogP contribution is 2.36. The second-order valence-corrected chi connectivity index (χ2v) is 5.78. The molecule has 0 spiro atoms. The van der Waals surface area contributed by atoms with E-state index in [9.17, 15) is 14.7 Å². The summed E-state index contributed by atoms with van der Waals surface area (Å²) in [5, 5.41) is 15.4. The van der Waals surface area contributed by atoms with Gasteiger partial charge in [-0.15, -0.1) is 0 Å². The predicted octanol–water partition coefficient (Wildman–Crippen LogP) is 1.52. The lowest BCUT2D eigenvalue weighted by Gasteiger charge is -2.38. The molecule has 110 valence electrons. The molecule has 1 aliphatic rings. The van der Waals surface area contributed by atoms with Crippen LogP contribution in [-0.2, 0) is 9.59 Å². The molecule has 0 aromatic heterocycles. The Morgan fingerprint density at radius 1 is 1.42 bits per heavy atom. The second-order valence-electron chi connectivity index (χ2n) is 5.78. The van der Waals surface area contributed by atoms with Crippen LogP contribution in [0.5, 0.6) is 0 Å². The summed E-state index contributed by atoms with van der Waals surface area (Å²) in [6, 6.07) is 0.0351. The van der Waals surface area contributed by atoms with E-state index in [2.05, 4.69) is 17.6 Å². The molecule has 3 N–H and O–H groups in total. The number of aliphatic carboxylic acids is 1. The molecule has 3 atom stereocenters. The monoisotopic (exact) mass is 270 g/mol. The number of carboxylic acid groups (broad SMARTS) is 1. The summed E-state index contributed by atoms with van der Waals surface area (Å²) in [6.45, 7) is 6.07. The van der Waals surface area contributed by atoms with Crippen molar-refractivity contribution < 1.29 is 14.7 Å². The van der Waals surface area contributed by atoms with Gasteiger partial charge in [-0.05, 0) is 33.1 Å². The maximum atomic E-state index is 11.9. The first-order valence-corrected chi connectivity index (χ1v) is 7.16. The first-order valence-electron chi connectivity index (χ1n) is 7.16. The van der Waals surface area contributed by atoms with E-state index in [1.165, 1.54) is 0 Å². The van der Waals surface area contributed by atoms with E-state index in [1.54, 1.807) is 6.92 Å². The first kappa shape index (κ1) is 16.0. The van der Waals surface area contributed by atoms with Gasteiger partial charge in [0.05, 0.1) is 12.0 Å². The van der Waals surface area contributed by atoms with E-state index in [0.29, 0.717) is 12.5 Å². The number of carbonyl (C=O) groups is 2. The molecule has 0 aliphatic heterocycles. The number of nitrogens with one attached hydrogen (secondary N) is 2. The van der Waals surface area contributed by atoms with Crippen LogP contribution in [0.3, 0.4) is 0 Å². The molecular weight excluding hydrogens is 244 g/mol. The van der Waals surface area contributed by atoms with Gasteiger partial charge >= 0.3 is 5.97 Å². The van der Waals surface area contributed by atoms with Gasteiger partial charge in [-0.25, -0.2) is 0 Å². The van der Waals surface area contributed by atoms with Crippen molar-refractivity contribution in [3.63, 3.8) is 0 Å². The van der Waals surface area contributed by atoms with Crippen LogP contribution in [-0.4, -0.2) is 35.6 Å². The van der Waals surface area contributed by atoms with Crippen LogP contribution in [0.25, 0.3) is 0 Å². The lowest BCUT2D eigenvalue weighted by Crippen LogP contribution is -2.54. The van der Waals surface area contributed by atoms with Crippen molar-refractivity contribution in [1.29, 1.82) is 0 Å². The lowest BCUT2D eigenvalue weighted by atomic mass is 9.71. The standard InChI is InChI=1S/C14H26N2O3/c1-4-10(2)15-9-12(17)16-11-7-5-6-8-14(11,3)13(18)19/h10-11,15H,4-9H2,1-3H3,(H,16,17)(H,18,19). The Labute approximate surface area is 115 Å². The highest BCUT2D eigenvalue weighted by Gasteiger charge is 2.43. The summed E-state index contributed by atoms with van der Waals surface area (Å²) in [7, 11) is 0. The Kier molecular flexibility index (Phi) is 5.79. The summed E-state index contributed by atoms with van der Waals surface area (Å²) in [5.41, 5.74) is -0.829. The minimum atomic E-state index is -0.829. The zero-order chi connectivity index (χ0) is 14.5. The molecule has 0 saturated heterocycles. The summed E-state index contributed by atoms with van der Waals surface area (Å²) < 4.78 is 0. The van der Waals surface area contributed by atoms with Gasteiger partial charge in [0.2, 0.25) is 5.91 Å². The van der Waals surface area contributed by atoms with Gasteiger partial charge in [0, 0.05) is 12.1 Å². The second kappa shape index (κ2) is 6.89. The van der Waals surface area contributed by atoms with E-state index in [-0.39, 0.29) is 18.5 Å². The van der Waals surface area contributed by atoms with Crippen LogP contribution in [0, 0.1) is 5.41 Å². The molecule has 3 unspecified atom stereocenters. The molecule has 1 aliphatic carbocycles. The summed E-state index contributed by atoms with van der Waals surface area (Å²) in [5.74, 6) is -0.924. The van der Waals surface area contributed by atoms with E-state index >= 15 is 0 Å². The van der Waals surface area contributed by atoms with Crippen molar-refractivity contribution in [2.45, 2.75) is 65.0 Å². The molecule has 19 heavy (non-hydrogen) atoms. The number of carboxylic acids is 1. The Balaban J connectivity index is 2.53. The number of hydrogen-bond donors (Lipinski definition) is 3. The van der Waals surface area contributed by atoms with Crippen LogP contribution in [0.2, 0.25) is 0 Å². The normalized spacial score (nSPS) is 28.7. The van der Waals surface area contributed by atoms with E-state index < -0.39 is 11.4 Å². The van der Waals surface area contributed by atoms with Crippen LogP contribution in [0.4, 0.5) is 0 Å². The smallest absolute Gasteiger partial charge is 0.311 e. The average Bonchev–Trinajstić information content (AvgIpc) is 2.38. The SMILES string of the molecule is CCC(C)NCC(=O)NC1CCCCC1(C)C(=O)O. The maximum absolute atomic E-state index is 11.9. The predicted molar refractivity (Wildman–Crippen MR) is 73.9 cm³/mol. The first-order chi connectivity index (χ1) is 8.90. The minimum absolute atomic E-state index is 0.111. The minimum Gasteiger partial charge on any atom is -0.481 e. The van der Waals surface area contributed by atoms with Gasteiger partial charge in [-0.2, -0.15) is 0 Å². The fraction of sp³-hybridized carbons (Fsp3) is 0.857. The third kappa shape index (κ3) is 4.20. The molecule has 1 rings (SSSR count). The molecule has 0 heterocycles.